The summed E-state index contributed by atoms with van der Waals surface area (Å²) in [7, 11) is 1.53. The van der Waals surface area contributed by atoms with Gasteiger partial charge in [0.1, 0.15) is 5.82 Å². The highest BCUT2D eigenvalue weighted by atomic mass is 19.1. The van der Waals surface area contributed by atoms with Crippen LogP contribution in [0, 0.1) is 12.7 Å². The number of rotatable bonds is 4. The van der Waals surface area contributed by atoms with Crippen molar-refractivity contribution in [1.29, 1.82) is 0 Å². The van der Waals surface area contributed by atoms with Crippen LogP contribution in [-0.2, 0) is 6.42 Å². The lowest BCUT2D eigenvalue weighted by atomic mass is 9.88. The highest BCUT2D eigenvalue weighted by Gasteiger charge is 2.36. The monoisotopic (exact) mass is 407 g/mol. The summed E-state index contributed by atoms with van der Waals surface area (Å²) >= 11 is 0. The van der Waals surface area contributed by atoms with Crippen LogP contribution in [0.25, 0.3) is 11.3 Å². The third kappa shape index (κ3) is 3.34. The molecule has 0 spiro atoms. The van der Waals surface area contributed by atoms with Gasteiger partial charge in [0.05, 0.1) is 35.8 Å². The Labute approximate surface area is 173 Å². The van der Waals surface area contributed by atoms with Crippen molar-refractivity contribution in [2.24, 2.45) is 0 Å². The highest BCUT2D eigenvalue weighted by Crippen LogP contribution is 2.38. The largest absolute Gasteiger partial charge is 0.481 e. The van der Waals surface area contributed by atoms with Crippen LogP contribution in [0.15, 0.2) is 36.4 Å². The van der Waals surface area contributed by atoms with E-state index in [1.807, 2.05) is 6.92 Å². The van der Waals surface area contributed by atoms with Gasteiger partial charge in [-0.15, -0.1) is 0 Å². The fourth-order valence-electron chi connectivity index (χ4n) is 4.02. The van der Waals surface area contributed by atoms with E-state index in [1.165, 1.54) is 19.2 Å². The molecule has 0 radical (unpaired) electrons. The van der Waals surface area contributed by atoms with Crippen LogP contribution in [-0.4, -0.2) is 39.4 Å². The standard InChI is InChI=1S/C22H22FN5O2/c1-4-28-18(11-17-20(21(28)29)12(2)25-22(24)27-17)14-9-8-13(23)10-15(14)16-6-5-7-19(26-16)30-3/h5-10,18H,4,11H2,1-3H3,(H2,24,25,27). The first-order chi connectivity index (χ1) is 14.4. The molecule has 0 saturated heterocycles. The van der Waals surface area contributed by atoms with Crippen LogP contribution >= 0.6 is 0 Å². The van der Waals surface area contributed by atoms with E-state index in [0.717, 1.165) is 5.56 Å². The molecule has 2 N–H and O–H groups in total. The first-order valence-corrected chi connectivity index (χ1v) is 9.67. The highest BCUT2D eigenvalue weighted by molar-refractivity contribution is 5.98. The number of carbonyl (C=O) groups is 1. The number of aromatic nitrogens is 3. The van der Waals surface area contributed by atoms with Crippen LogP contribution in [0.5, 0.6) is 5.88 Å². The molecule has 1 unspecified atom stereocenters. The molecular formula is C22H22FN5O2. The Balaban J connectivity index is 1.88. The molecule has 1 aliphatic rings. The van der Waals surface area contributed by atoms with Crippen LogP contribution in [0.1, 0.15) is 40.3 Å². The first-order valence-electron chi connectivity index (χ1n) is 9.67. The number of ether oxygens (including phenoxy) is 1. The van der Waals surface area contributed by atoms with E-state index in [0.29, 0.717) is 47.1 Å². The molecule has 7 nitrogen and oxygen atoms in total. The molecule has 0 fully saturated rings. The van der Waals surface area contributed by atoms with E-state index in [9.17, 15) is 9.18 Å². The fraction of sp³-hybridized carbons (Fsp3) is 0.273. The Kier molecular flexibility index (Phi) is 5.07. The molecule has 8 heteroatoms. The molecule has 1 atom stereocenters. The lowest BCUT2D eigenvalue weighted by molar-refractivity contribution is 0.0656. The van der Waals surface area contributed by atoms with Crippen molar-refractivity contribution in [3.05, 3.63) is 64.7 Å². The van der Waals surface area contributed by atoms with Gasteiger partial charge in [-0.3, -0.25) is 4.79 Å². The smallest absolute Gasteiger partial charge is 0.258 e. The summed E-state index contributed by atoms with van der Waals surface area (Å²) in [6, 6.07) is 9.51. The number of nitrogens with zero attached hydrogens (tertiary/aromatic N) is 4. The second-order valence-electron chi connectivity index (χ2n) is 7.10. The summed E-state index contributed by atoms with van der Waals surface area (Å²) in [4.78, 5) is 28.0. The van der Waals surface area contributed by atoms with Crippen molar-refractivity contribution >= 4 is 11.9 Å². The molecular weight excluding hydrogens is 385 g/mol. The number of nitrogen functional groups attached to an aromatic ring is 1. The van der Waals surface area contributed by atoms with E-state index < -0.39 is 0 Å². The van der Waals surface area contributed by atoms with Crippen molar-refractivity contribution in [3.63, 3.8) is 0 Å². The van der Waals surface area contributed by atoms with Crippen molar-refractivity contribution in [2.75, 3.05) is 19.4 Å². The summed E-state index contributed by atoms with van der Waals surface area (Å²) in [5.41, 5.74) is 9.45. The van der Waals surface area contributed by atoms with Crippen LogP contribution in [0.3, 0.4) is 0 Å². The summed E-state index contributed by atoms with van der Waals surface area (Å²) in [6.45, 7) is 4.15. The zero-order valence-electron chi connectivity index (χ0n) is 17.0. The predicted octanol–water partition coefficient (Wildman–Crippen LogP) is 3.34. The Hall–Kier alpha value is -3.55. The van der Waals surface area contributed by atoms with Gasteiger partial charge in [0.15, 0.2) is 0 Å². The quantitative estimate of drug-likeness (QED) is 0.713. The molecule has 0 aliphatic carbocycles. The SMILES string of the molecule is CCN1C(=O)c2c(C)nc(N)nc2CC1c1ccc(F)cc1-c1cccc(OC)n1. The maximum atomic E-state index is 14.2. The molecule has 4 rings (SSSR count). The number of hydrogen-bond donors (Lipinski definition) is 1. The summed E-state index contributed by atoms with van der Waals surface area (Å²) in [5.74, 6) is 0.0225. The number of aryl methyl sites for hydroxylation is 1. The van der Waals surface area contributed by atoms with Gasteiger partial charge >= 0.3 is 0 Å². The lowest BCUT2D eigenvalue weighted by Crippen LogP contribution is -2.41. The summed E-state index contributed by atoms with van der Waals surface area (Å²) in [5, 5.41) is 0. The first kappa shape index (κ1) is 19.8. The molecule has 0 bridgehead atoms. The number of likely N-dealkylation sites (N-methyl/N-ethyl adjacent to an activating group) is 1. The molecule has 30 heavy (non-hydrogen) atoms. The van der Waals surface area contributed by atoms with Crippen LogP contribution in [0.4, 0.5) is 10.3 Å². The number of carbonyl (C=O) groups excluding carboxylic acids is 1. The van der Waals surface area contributed by atoms with Crippen molar-refractivity contribution < 1.29 is 13.9 Å². The normalized spacial score (nSPS) is 15.8. The summed E-state index contributed by atoms with van der Waals surface area (Å²) in [6.07, 6.45) is 0.449. The van der Waals surface area contributed by atoms with Gasteiger partial charge < -0.3 is 15.4 Å². The van der Waals surface area contributed by atoms with E-state index in [-0.39, 0.29) is 23.7 Å². The van der Waals surface area contributed by atoms with Crippen molar-refractivity contribution in [1.82, 2.24) is 19.9 Å². The van der Waals surface area contributed by atoms with Gasteiger partial charge in [0.25, 0.3) is 5.91 Å². The topological polar surface area (TPSA) is 94.2 Å². The van der Waals surface area contributed by atoms with E-state index >= 15 is 0 Å². The second-order valence-corrected chi connectivity index (χ2v) is 7.10. The van der Waals surface area contributed by atoms with E-state index in [1.54, 1.807) is 36.1 Å². The van der Waals surface area contributed by atoms with Crippen LogP contribution in [0.2, 0.25) is 0 Å². The van der Waals surface area contributed by atoms with Gasteiger partial charge in [-0.1, -0.05) is 12.1 Å². The minimum Gasteiger partial charge on any atom is -0.481 e. The Morgan fingerprint density at radius 2 is 2.03 bits per heavy atom. The molecule has 2 aromatic heterocycles. The molecule has 1 aromatic carbocycles. The number of methoxy groups -OCH3 is 1. The number of fused-ring (bicyclic) bond motifs is 1. The molecule has 3 aromatic rings. The maximum Gasteiger partial charge on any atom is 0.258 e. The minimum absolute atomic E-state index is 0.136. The third-order valence-electron chi connectivity index (χ3n) is 5.34. The molecule has 1 aliphatic heterocycles. The number of nitrogens with two attached hydrogens (primary N) is 1. The molecule has 1 amide bonds. The summed E-state index contributed by atoms with van der Waals surface area (Å²) < 4.78 is 19.4. The van der Waals surface area contributed by atoms with E-state index in [2.05, 4.69) is 15.0 Å². The van der Waals surface area contributed by atoms with Crippen molar-refractivity contribution in [3.8, 4) is 17.1 Å². The Morgan fingerprint density at radius 1 is 1.23 bits per heavy atom. The van der Waals surface area contributed by atoms with Gasteiger partial charge in [-0.05, 0) is 37.6 Å². The molecule has 154 valence electrons. The Morgan fingerprint density at radius 3 is 2.77 bits per heavy atom. The minimum atomic E-state index is -0.383. The number of halogens is 1. The Bertz CT molecular complexity index is 1130. The van der Waals surface area contributed by atoms with Crippen molar-refractivity contribution in [2.45, 2.75) is 26.3 Å². The maximum absolute atomic E-state index is 14.2. The number of pyridine rings is 1. The number of benzene rings is 1. The average molecular weight is 407 g/mol. The second kappa shape index (κ2) is 7.70. The van der Waals surface area contributed by atoms with E-state index in [4.69, 9.17) is 10.5 Å². The number of anilines is 1. The third-order valence-corrected chi connectivity index (χ3v) is 5.34. The zero-order valence-corrected chi connectivity index (χ0v) is 17.0. The van der Waals surface area contributed by atoms with Gasteiger partial charge in [-0.25, -0.2) is 19.3 Å². The molecule has 0 saturated carbocycles. The molecule has 3 heterocycles. The number of amides is 1. The predicted molar refractivity (Wildman–Crippen MR) is 111 cm³/mol. The average Bonchev–Trinajstić information content (AvgIpc) is 2.73. The van der Waals surface area contributed by atoms with Gasteiger partial charge in [-0.2, -0.15) is 0 Å². The fourth-order valence-corrected chi connectivity index (χ4v) is 4.02. The lowest BCUT2D eigenvalue weighted by Gasteiger charge is -2.37. The van der Waals surface area contributed by atoms with Gasteiger partial charge in [0.2, 0.25) is 11.8 Å². The number of hydrogen-bond acceptors (Lipinski definition) is 6. The van der Waals surface area contributed by atoms with Gasteiger partial charge in [0, 0.05) is 24.6 Å². The zero-order chi connectivity index (χ0) is 21.4. The van der Waals surface area contributed by atoms with Crippen LogP contribution < -0.4 is 10.5 Å².